The lowest BCUT2D eigenvalue weighted by Gasteiger charge is -2.12. The van der Waals surface area contributed by atoms with Gasteiger partial charge >= 0.3 is 0 Å². The normalized spacial score (nSPS) is 10.5. The van der Waals surface area contributed by atoms with Gasteiger partial charge in [-0.2, -0.15) is 0 Å². The maximum Gasteiger partial charge on any atom is 0.127 e. The Labute approximate surface area is 143 Å². The number of rotatable bonds is 7. The fraction of sp³-hybridized carbons (Fsp3) is 0.250. The van der Waals surface area contributed by atoms with Gasteiger partial charge in [-0.05, 0) is 41.8 Å². The zero-order valence-corrected chi connectivity index (χ0v) is 15.0. The number of methoxy groups -OCH3 is 2. The number of halogens is 1. The van der Waals surface area contributed by atoms with E-state index >= 15 is 0 Å². The van der Waals surface area contributed by atoms with Crippen LogP contribution < -0.4 is 19.9 Å². The first kappa shape index (κ1) is 17.1. The molecule has 0 aliphatic carbocycles. The SMILES string of the molecule is COc1ccc(CNSc2ccc(Br)cc2CN)c(OC)c1. The first-order valence-electron chi connectivity index (χ1n) is 6.77. The van der Waals surface area contributed by atoms with Gasteiger partial charge in [0.25, 0.3) is 0 Å². The fourth-order valence-corrected chi connectivity index (χ4v) is 3.20. The van der Waals surface area contributed by atoms with Gasteiger partial charge in [0, 0.05) is 34.1 Å². The van der Waals surface area contributed by atoms with Gasteiger partial charge in [-0.3, -0.25) is 4.72 Å². The van der Waals surface area contributed by atoms with E-state index in [0.29, 0.717) is 13.1 Å². The van der Waals surface area contributed by atoms with Crippen molar-refractivity contribution in [3.05, 3.63) is 52.0 Å². The van der Waals surface area contributed by atoms with Crippen molar-refractivity contribution in [2.75, 3.05) is 14.2 Å². The first-order chi connectivity index (χ1) is 10.7. The van der Waals surface area contributed by atoms with Crippen molar-refractivity contribution in [2.45, 2.75) is 18.0 Å². The molecular formula is C16H19BrN2O2S. The monoisotopic (exact) mass is 382 g/mol. The van der Waals surface area contributed by atoms with Gasteiger partial charge in [0.05, 0.1) is 14.2 Å². The summed E-state index contributed by atoms with van der Waals surface area (Å²) in [5, 5.41) is 0. The predicted molar refractivity (Wildman–Crippen MR) is 94.3 cm³/mol. The molecule has 0 saturated carbocycles. The van der Waals surface area contributed by atoms with Crippen LogP contribution in [0.25, 0.3) is 0 Å². The van der Waals surface area contributed by atoms with Crippen LogP contribution in [0, 0.1) is 0 Å². The molecule has 0 radical (unpaired) electrons. The van der Waals surface area contributed by atoms with Crippen molar-refractivity contribution in [3.63, 3.8) is 0 Å². The number of ether oxygens (including phenoxy) is 2. The van der Waals surface area contributed by atoms with Crippen molar-refractivity contribution >= 4 is 27.9 Å². The summed E-state index contributed by atoms with van der Waals surface area (Å²) < 4.78 is 15.0. The fourth-order valence-electron chi connectivity index (χ4n) is 2.00. The molecule has 0 atom stereocenters. The van der Waals surface area contributed by atoms with Crippen molar-refractivity contribution in [1.82, 2.24) is 4.72 Å². The third kappa shape index (κ3) is 4.39. The molecule has 0 fully saturated rings. The third-order valence-electron chi connectivity index (χ3n) is 3.18. The van der Waals surface area contributed by atoms with Gasteiger partial charge < -0.3 is 15.2 Å². The summed E-state index contributed by atoms with van der Waals surface area (Å²) in [6, 6.07) is 11.9. The maximum absolute atomic E-state index is 5.78. The van der Waals surface area contributed by atoms with Crippen LogP contribution in [0.1, 0.15) is 11.1 Å². The maximum atomic E-state index is 5.78. The summed E-state index contributed by atoms with van der Waals surface area (Å²) in [7, 11) is 3.30. The lowest BCUT2D eigenvalue weighted by Crippen LogP contribution is -2.07. The second kappa shape index (κ2) is 8.43. The Morgan fingerprint density at radius 2 is 1.91 bits per heavy atom. The molecule has 0 unspecified atom stereocenters. The summed E-state index contributed by atoms with van der Waals surface area (Å²) in [4.78, 5) is 1.12. The van der Waals surface area contributed by atoms with Crippen LogP contribution >= 0.6 is 27.9 Å². The van der Waals surface area contributed by atoms with E-state index in [1.165, 1.54) is 0 Å². The van der Waals surface area contributed by atoms with E-state index in [1.54, 1.807) is 26.2 Å². The van der Waals surface area contributed by atoms with Crippen LogP contribution in [0.3, 0.4) is 0 Å². The molecule has 4 nitrogen and oxygen atoms in total. The summed E-state index contributed by atoms with van der Waals surface area (Å²) in [6.07, 6.45) is 0. The number of benzene rings is 2. The van der Waals surface area contributed by atoms with Crippen LogP contribution in [-0.4, -0.2) is 14.2 Å². The average Bonchev–Trinajstić information content (AvgIpc) is 2.56. The second-order valence-electron chi connectivity index (χ2n) is 4.56. The third-order valence-corrected chi connectivity index (χ3v) is 4.58. The standard InChI is InChI=1S/C16H19BrN2O2S/c1-20-14-5-3-11(15(8-14)21-2)10-19-22-16-6-4-13(17)7-12(16)9-18/h3-8,19H,9-10,18H2,1-2H3. The Kier molecular flexibility index (Phi) is 6.57. The summed E-state index contributed by atoms with van der Waals surface area (Å²) in [5.41, 5.74) is 7.96. The Hall–Kier alpha value is -1.21. The summed E-state index contributed by atoms with van der Waals surface area (Å²) in [5.74, 6) is 1.59. The second-order valence-corrected chi connectivity index (χ2v) is 6.41. The molecule has 2 rings (SSSR count). The van der Waals surface area contributed by atoms with Gasteiger partial charge in [0.15, 0.2) is 0 Å². The predicted octanol–water partition coefficient (Wildman–Crippen LogP) is 3.72. The van der Waals surface area contributed by atoms with E-state index in [0.717, 1.165) is 32.0 Å². The number of nitrogens with two attached hydrogens (primary N) is 1. The highest BCUT2D eigenvalue weighted by Gasteiger charge is 2.07. The summed E-state index contributed by atoms with van der Waals surface area (Å²) in [6.45, 7) is 1.19. The van der Waals surface area contributed by atoms with Crippen molar-refractivity contribution in [2.24, 2.45) is 5.73 Å². The van der Waals surface area contributed by atoms with Crippen LogP contribution in [0.15, 0.2) is 45.8 Å². The van der Waals surface area contributed by atoms with Crippen LogP contribution in [0.4, 0.5) is 0 Å². The molecule has 0 saturated heterocycles. The van der Waals surface area contributed by atoms with Crippen molar-refractivity contribution < 1.29 is 9.47 Å². The van der Waals surface area contributed by atoms with Gasteiger partial charge in [0.2, 0.25) is 0 Å². The molecule has 6 heteroatoms. The minimum atomic E-state index is 0.509. The Morgan fingerprint density at radius 1 is 1.09 bits per heavy atom. The summed E-state index contributed by atoms with van der Waals surface area (Å²) >= 11 is 5.03. The molecular weight excluding hydrogens is 364 g/mol. The molecule has 2 aromatic rings. The molecule has 0 spiro atoms. The topological polar surface area (TPSA) is 56.5 Å². The van der Waals surface area contributed by atoms with E-state index in [1.807, 2.05) is 30.3 Å². The van der Waals surface area contributed by atoms with E-state index in [9.17, 15) is 0 Å². The van der Waals surface area contributed by atoms with Crippen LogP contribution in [0.5, 0.6) is 11.5 Å². The van der Waals surface area contributed by atoms with E-state index in [4.69, 9.17) is 15.2 Å². The lowest BCUT2D eigenvalue weighted by atomic mass is 10.2. The smallest absolute Gasteiger partial charge is 0.127 e. The van der Waals surface area contributed by atoms with Gasteiger partial charge in [-0.15, -0.1) is 0 Å². The molecule has 0 aliphatic heterocycles. The van der Waals surface area contributed by atoms with Crippen LogP contribution in [0.2, 0.25) is 0 Å². The molecule has 22 heavy (non-hydrogen) atoms. The van der Waals surface area contributed by atoms with E-state index in [2.05, 4.69) is 26.7 Å². The van der Waals surface area contributed by atoms with Gasteiger partial charge in [-0.1, -0.05) is 22.0 Å². The molecule has 2 aromatic carbocycles. The molecule has 0 aromatic heterocycles. The quantitative estimate of drug-likeness (QED) is 0.714. The van der Waals surface area contributed by atoms with E-state index in [-0.39, 0.29) is 0 Å². The Balaban J connectivity index is 2.02. The number of nitrogens with one attached hydrogen (secondary N) is 1. The van der Waals surface area contributed by atoms with Crippen LogP contribution in [-0.2, 0) is 13.1 Å². The highest BCUT2D eigenvalue weighted by Crippen LogP contribution is 2.27. The number of hydrogen-bond donors (Lipinski definition) is 2. The minimum absolute atomic E-state index is 0.509. The Morgan fingerprint density at radius 3 is 2.59 bits per heavy atom. The first-order valence-corrected chi connectivity index (χ1v) is 8.38. The highest BCUT2D eigenvalue weighted by molar-refractivity contribution is 9.10. The number of hydrogen-bond acceptors (Lipinski definition) is 5. The van der Waals surface area contributed by atoms with Crippen molar-refractivity contribution in [3.8, 4) is 11.5 Å². The van der Waals surface area contributed by atoms with Crippen molar-refractivity contribution in [1.29, 1.82) is 0 Å². The molecule has 0 bridgehead atoms. The highest BCUT2D eigenvalue weighted by atomic mass is 79.9. The van der Waals surface area contributed by atoms with Gasteiger partial charge in [0.1, 0.15) is 11.5 Å². The molecule has 0 aliphatic rings. The molecule has 3 N–H and O–H groups in total. The molecule has 118 valence electrons. The lowest BCUT2D eigenvalue weighted by molar-refractivity contribution is 0.391. The zero-order chi connectivity index (χ0) is 15.9. The molecule has 0 heterocycles. The van der Waals surface area contributed by atoms with Gasteiger partial charge in [-0.25, -0.2) is 0 Å². The largest absolute Gasteiger partial charge is 0.497 e. The minimum Gasteiger partial charge on any atom is -0.497 e. The average molecular weight is 383 g/mol. The Bertz CT molecular complexity index is 638. The molecule has 0 amide bonds. The zero-order valence-electron chi connectivity index (χ0n) is 12.6. The van der Waals surface area contributed by atoms with E-state index < -0.39 is 0 Å².